The summed E-state index contributed by atoms with van der Waals surface area (Å²) in [5.74, 6) is 0.349. The Morgan fingerprint density at radius 2 is 2.00 bits per heavy atom. The topological polar surface area (TPSA) is 68.1 Å². The Morgan fingerprint density at radius 3 is 2.56 bits per heavy atom. The minimum Gasteiger partial charge on any atom is -0.359 e. The normalized spacial score (nSPS) is 9.94. The van der Waals surface area contributed by atoms with Gasteiger partial charge in [0.2, 0.25) is 0 Å². The summed E-state index contributed by atoms with van der Waals surface area (Å²) in [6, 6.07) is 1.32. The van der Waals surface area contributed by atoms with Gasteiger partial charge in [-0.3, -0.25) is 13.9 Å². The maximum absolute atomic E-state index is 11.7. The van der Waals surface area contributed by atoms with E-state index in [1.54, 1.807) is 7.05 Å². The van der Waals surface area contributed by atoms with E-state index in [0.717, 1.165) is 10.1 Å². The smallest absolute Gasteiger partial charge is 0.332 e. The molecule has 98 valence electrons. The van der Waals surface area contributed by atoms with Crippen LogP contribution in [0.5, 0.6) is 0 Å². The molecule has 1 rings (SSSR count). The second-order valence-electron chi connectivity index (χ2n) is 4.03. The zero-order chi connectivity index (χ0) is 13.9. The van der Waals surface area contributed by atoms with Crippen LogP contribution in [0.1, 0.15) is 6.92 Å². The molecule has 0 radical (unpaired) electrons. The van der Waals surface area contributed by atoms with Crippen molar-refractivity contribution in [3.63, 3.8) is 0 Å². The van der Waals surface area contributed by atoms with Crippen LogP contribution in [-0.2, 0) is 14.1 Å². The first-order valence-electron chi connectivity index (χ1n) is 5.29. The van der Waals surface area contributed by atoms with Crippen molar-refractivity contribution in [1.29, 1.82) is 0 Å². The molecule has 7 heteroatoms. The Kier molecular flexibility index (Phi) is 4.43. The minimum absolute atomic E-state index is 0.334. The van der Waals surface area contributed by atoms with E-state index in [9.17, 15) is 9.59 Å². The van der Waals surface area contributed by atoms with Crippen molar-refractivity contribution in [3.8, 4) is 0 Å². The summed E-state index contributed by atoms with van der Waals surface area (Å²) in [5, 5.41) is 6.05. The quantitative estimate of drug-likeness (QED) is 0.594. The Balaban J connectivity index is 2.93. The maximum Gasteiger partial charge on any atom is 0.332 e. The number of aromatic nitrogens is 2. The number of rotatable bonds is 3. The molecule has 6 nitrogen and oxygen atoms in total. The Labute approximate surface area is 110 Å². The van der Waals surface area contributed by atoms with Crippen LogP contribution in [0.25, 0.3) is 0 Å². The summed E-state index contributed by atoms with van der Waals surface area (Å²) in [5.41, 5.74) is 0.132. The monoisotopic (exact) mass is 268 g/mol. The van der Waals surface area contributed by atoms with Crippen molar-refractivity contribution < 1.29 is 0 Å². The highest BCUT2D eigenvalue weighted by atomic mass is 32.1. The van der Waals surface area contributed by atoms with Crippen molar-refractivity contribution >= 4 is 23.1 Å². The number of hydrogen-bond donors (Lipinski definition) is 2. The average Bonchev–Trinajstić information content (AvgIpc) is 2.30. The molecule has 0 aliphatic carbocycles. The second-order valence-corrected chi connectivity index (χ2v) is 4.44. The molecule has 0 fully saturated rings. The first-order valence-corrected chi connectivity index (χ1v) is 5.70. The van der Waals surface area contributed by atoms with Crippen molar-refractivity contribution in [2.45, 2.75) is 6.92 Å². The number of anilines is 1. The van der Waals surface area contributed by atoms with Gasteiger partial charge in [0.15, 0.2) is 5.11 Å². The molecule has 0 saturated carbocycles. The summed E-state index contributed by atoms with van der Waals surface area (Å²) in [6.07, 6.45) is 0. The molecular formula is C11H16N4O2S. The molecule has 0 atom stereocenters. The van der Waals surface area contributed by atoms with Crippen LogP contribution >= 0.6 is 12.2 Å². The van der Waals surface area contributed by atoms with Crippen molar-refractivity contribution in [2.75, 3.05) is 11.9 Å². The Hall–Kier alpha value is -1.89. The van der Waals surface area contributed by atoms with Gasteiger partial charge in [0.25, 0.3) is 5.56 Å². The lowest BCUT2D eigenvalue weighted by molar-refractivity contribution is 0.693. The molecule has 0 aliphatic heterocycles. The van der Waals surface area contributed by atoms with Crippen LogP contribution < -0.4 is 21.9 Å². The van der Waals surface area contributed by atoms with E-state index in [1.807, 2.05) is 6.92 Å². The predicted molar refractivity (Wildman–Crippen MR) is 76.0 cm³/mol. The molecule has 1 heterocycles. The molecule has 0 amide bonds. The molecule has 0 bridgehead atoms. The lowest BCUT2D eigenvalue weighted by Crippen LogP contribution is -2.39. The van der Waals surface area contributed by atoms with E-state index >= 15 is 0 Å². The van der Waals surface area contributed by atoms with E-state index in [0.29, 0.717) is 17.5 Å². The van der Waals surface area contributed by atoms with Gasteiger partial charge in [-0.1, -0.05) is 12.2 Å². The van der Waals surface area contributed by atoms with Crippen molar-refractivity contribution in [2.24, 2.45) is 14.1 Å². The van der Waals surface area contributed by atoms with E-state index < -0.39 is 5.69 Å². The molecule has 1 aromatic rings. The summed E-state index contributed by atoms with van der Waals surface area (Å²) in [6.45, 7) is 6.13. The van der Waals surface area contributed by atoms with E-state index in [-0.39, 0.29) is 5.56 Å². The fourth-order valence-corrected chi connectivity index (χ4v) is 1.42. The van der Waals surface area contributed by atoms with Crippen LogP contribution in [0.4, 0.5) is 5.82 Å². The Morgan fingerprint density at radius 1 is 1.39 bits per heavy atom. The zero-order valence-corrected chi connectivity index (χ0v) is 11.4. The largest absolute Gasteiger partial charge is 0.359 e. The average molecular weight is 268 g/mol. The first-order chi connectivity index (χ1) is 8.32. The summed E-state index contributed by atoms with van der Waals surface area (Å²) in [4.78, 5) is 23.2. The highest BCUT2D eigenvalue weighted by molar-refractivity contribution is 7.80. The molecule has 18 heavy (non-hydrogen) atoms. The predicted octanol–water partition coefficient (Wildman–Crippen LogP) is -0.0535. The SMILES string of the molecule is C=C(C)CNC(=S)Nc1cc(=O)n(C)c(=O)n1C. The highest BCUT2D eigenvalue weighted by Crippen LogP contribution is 1.98. The number of nitrogens with one attached hydrogen (secondary N) is 2. The van der Waals surface area contributed by atoms with E-state index in [2.05, 4.69) is 17.2 Å². The van der Waals surface area contributed by atoms with E-state index in [4.69, 9.17) is 12.2 Å². The highest BCUT2D eigenvalue weighted by Gasteiger charge is 2.06. The van der Waals surface area contributed by atoms with Crippen LogP contribution in [0.15, 0.2) is 27.8 Å². The van der Waals surface area contributed by atoms with Crippen LogP contribution in [0.2, 0.25) is 0 Å². The fraction of sp³-hybridized carbons (Fsp3) is 0.364. The van der Waals surface area contributed by atoms with Gasteiger partial charge in [-0.05, 0) is 19.1 Å². The maximum atomic E-state index is 11.7. The van der Waals surface area contributed by atoms with Gasteiger partial charge in [0.1, 0.15) is 5.82 Å². The minimum atomic E-state index is -0.410. The standard InChI is InChI=1S/C11H16N4O2S/c1-7(2)6-12-10(18)13-8-5-9(16)15(4)11(17)14(8)3/h5H,1,6H2,2-4H3,(H2,12,13,18). The van der Waals surface area contributed by atoms with E-state index in [1.165, 1.54) is 17.7 Å². The van der Waals surface area contributed by atoms with Gasteiger partial charge >= 0.3 is 5.69 Å². The lowest BCUT2D eigenvalue weighted by atomic mass is 10.3. The van der Waals surface area contributed by atoms with Crippen LogP contribution in [-0.4, -0.2) is 20.8 Å². The number of nitrogens with zero attached hydrogens (tertiary/aromatic N) is 2. The van der Waals surface area contributed by atoms with Crippen molar-refractivity contribution in [1.82, 2.24) is 14.5 Å². The molecule has 0 aromatic carbocycles. The summed E-state index contributed by atoms with van der Waals surface area (Å²) < 4.78 is 2.34. The number of thiocarbonyl (C=S) groups is 1. The zero-order valence-electron chi connectivity index (χ0n) is 10.6. The molecule has 1 aromatic heterocycles. The Bertz CT molecular complexity index is 600. The van der Waals surface area contributed by atoms with Crippen LogP contribution in [0.3, 0.4) is 0 Å². The number of hydrogen-bond acceptors (Lipinski definition) is 3. The second kappa shape index (κ2) is 5.63. The van der Waals surface area contributed by atoms with Gasteiger partial charge in [-0.15, -0.1) is 0 Å². The third kappa shape index (κ3) is 3.30. The first kappa shape index (κ1) is 14.2. The molecule has 0 spiro atoms. The molecular weight excluding hydrogens is 252 g/mol. The van der Waals surface area contributed by atoms with Gasteiger partial charge in [0.05, 0.1) is 0 Å². The van der Waals surface area contributed by atoms with Gasteiger partial charge < -0.3 is 10.6 Å². The molecule has 2 N–H and O–H groups in total. The van der Waals surface area contributed by atoms with Gasteiger partial charge in [-0.25, -0.2) is 4.79 Å². The van der Waals surface area contributed by atoms with Crippen molar-refractivity contribution in [3.05, 3.63) is 39.1 Å². The summed E-state index contributed by atoms with van der Waals surface area (Å²) >= 11 is 5.05. The third-order valence-electron chi connectivity index (χ3n) is 2.32. The summed E-state index contributed by atoms with van der Waals surface area (Å²) in [7, 11) is 2.98. The van der Waals surface area contributed by atoms with Gasteiger partial charge in [0, 0.05) is 26.7 Å². The fourth-order valence-electron chi connectivity index (χ4n) is 1.24. The van der Waals surface area contributed by atoms with Gasteiger partial charge in [-0.2, -0.15) is 0 Å². The molecule has 0 aliphatic rings. The third-order valence-corrected chi connectivity index (χ3v) is 2.56. The molecule has 0 saturated heterocycles. The van der Waals surface area contributed by atoms with Crippen LogP contribution in [0, 0.1) is 0 Å². The molecule has 0 unspecified atom stereocenters. The lowest BCUT2D eigenvalue weighted by Gasteiger charge is -2.13.